The second kappa shape index (κ2) is 5.76. The number of non-ortho nitro benzene ring substituents is 1. The third kappa shape index (κ3) is 4.46. The van der Waals surface area contributed by atoms with Crippen molar-refractivity contribution >= 4 is 21.4 Å². The Bertz CT molecular complexity index is 606. The maximum absolute atomic E-state index is 12.1. The molecule has 0 atom stereocenters. The van der Waals surface area contributed by atoms with Crippen LogP contribution in [0.4, 0.5) is 11.4 Å². The predicted molar refractivity (Wildman–Crippen MR) is 76.8 cm³/mol. The van der Waals surface area contributed by atoms with Gasteiger partial charge in [0.15, 0.2) is 0 Å². The molecule has 1 aromatic carbocycles. The summed E-state index contributed by atoms with van der Waals surface area (Å²) in [6.07, 6.45) is 0.640. The molecule has 0 radical (unpaired) electrons. The third-order valence-corrected chi connectivity index (χ3v) is 4.18. The summed E-state index contributed by atoms with van der Waals surface area (Å²) in [7, 11) is -3.85. The largest absolute Gasteiger partial charge is 0.398 e. The standard InChI is InChI=1S/C12H19N3O4S/c1-12(2,3)6-7-14-20(18,19)11-8-9(15(16)17)4-5-10(11)13/h4-5,8,14H,6-7,13H2,1-3H3. The van der Waals surface area contributed by atoms with E-state index in [0.717, 1.165) is 6.07 Å². The van der Waals surface area contributed by atoms with E-state index >= 15 is 0 Å². The van der Waals surface area contributed by atoms with Crippen LogP contribution in [0.2, 0.25) is 0 Å². The first-order valence-electron chi connectivity index (χ1n) is 6.06. The summed E-state index contributed by atoms with van der Waals surface area (Å²) in [6.45, 7) is 6.21. The number of nitrogens with one attached hydrogen (secondary N) is 1. The zero-order chi connectivity index (χ0) is 15.6. The van der Waals surface area contributed by atoms with Crippen molar-refractivity contribution in [3.8, 4) is 0 Å². The molecule has 0 unspecified atom stereocenters. The fraction of sp³-hybridized carbons (Fsp3) is 0.500. The Labute approximate surface area is 118 Å². The lowest BCUT2D eigenvalue weighted by Gasteiger charge is -2.18. The lowest BCUT2D eigenvalue weighted by molar-refractivity contribution is -0.385. The van der Waals surface area contributed by atoms with E-state index in [1.54, 1.807) is 0 Å². The van der Waals surface area contributed by atoms with Crippen molar-refractivity contribution in [3.05, 3.63) is 28.3 Å². The fourth-order valence-electron chi connectivity index (χ4n) is 1.51. The van der Waals surface area contributed by atoms with E-state index < -0.39 is 14.9 Å². The number of rotatable bonds is 5. The molecule has 0 saturated carbocycles. The van der Waals surface area contributed by atoms with Gasteiger partial charge in [-0.2, -0.15) is 0 Å². The van der Waals surface area contributed by atoms with Gasteiger partial charge in [-0.1, -0.05) is 20.8 Å². The second-order valence-electron chi connectivity index (χ2n) is 5.69. The van der Waals surface area contributed by atoms with E-state index in [-0.39, 0.29) is 28.2 Å². The van der Waals surface area contributed by atoms with Gasteiger partial charge in [0.25, 0.3) is 5.69 Å². The normalized spacial score (nSPS) is 12.3. The van der Waals surface area contributed by atoms with Crippen LogP contribution in [0.3, 0.4) is 0 Å². The maximum atomic E-state index is 12.1. The number of nitro groups is 1. The topological polar surface area (TPSA) is 115 Å². The molecule has 0 bridgehead atoms. The monoisotopic (exact) mass is 301 g/mol. The molecule has 1 rings (SSSR count). The van der Waals surface area contributed by atoms with Gasteiger partial charge in [-0.25, -0.2) is 13.1 Å². The number of benzene rings is 1. The highest BCUT2D eigenvalue weighted by Gasteiger charge is 2.21. The molecule has 20 heavy (non-hydrogen) atoms. The van der Waals surface area contributed by atoms with Crippen molar-refractivity contribution in [2.75, 3.05) is 12.3 Å². The van der Waals surface area contributed by atoms with Gasteiger partial charge in [-0.15, -0.1) is 0 Å². The molecule has 0 saturated heterocycles. The molecule has 8 heteroatoms. The predicted octanol–water partition coefficient (Wildman–Crippen LogP) is 1.89. The van der Waals surface area contributed by atoms with Gasteiger partial charge >= 0.3 is 0 Å². The second-order valence-corrected chi connectivity index (χ2v) is 7.42. The minimum Gasteiger partial charge on any atom is -0.398 e. The van der Waals surface area contributed by atoms with E-state index in [1.165, 1.54) is 12.1 Å². The Morgan fingerprint density at radius 2 is 1.95 bits per heavy atom. The van der Waals surface area contributed by atoms with Crippen molar-refractivity contribution < 1.29 is 13.3 Å². The van der Waals surface area contributed by atoms with Crippen molar-refractivity contribution in [1.82, 2.24) is 4.72 Å². The van der Waals surface area contributed by atoms with E-state index in [4.69, 9.17) is 5.73 Å². The van der Waals surface area contributed by atoms with Gasteiger partial charge in [-0.05, 0) is 17.9 Å². The van der Waals surface area contributed by atoms with E-state index in [2.05, 4.69) is 4.72 Å². The van der Waals surface area contributed by atoms with E-state index in [9.17, 15) is 18.5 Å². The summed E-state index contributed by atoms with van der Waals surface area (Å²) in [6, 6.07) is 3.36. The van der Waals surface area contributed by atoms with Crippen LogP contribution in [0.1, 0.15) is 27.2 Å². The molecule has 0 aromatic heterocycles. The summed E-state index contributed by atoms with van der Waals surface area (Å²) < 4.78 is 26.6. The molecular weight excluding hydrogens is 282 g/mol. The van der Waals surface area contributed by atoms with Gasteiger partial charge in [0.1, 0.15) is 4.90 Å². The summed E-state index contributed by atoms with van der Waals surface area (Å²) in [4.78, 5) is 9.76. The van der Waals surface area contributed by atoms with Crippen LogP contribution in [-0.2, 0) is 10.0 Å². The van der Waals surface area contributed by atoms with Crippen molar-refractivity contribution in [2.24, 2.45) is 5.41 Å². The number of sulfonamides is 1. The van der Waals surface area contributed by atoms with Crippen LogP contribution in [-0.4, -0.2) is 19.9 Å². The van der Waals surface area contributed by atoms with Crippen LogP contribution in [0.5, 0.6) is 0 Å². The third-order valence-electron chi connectivity index (χ3n) is 2.66. The highest BCUT2D eigenvalue weighted by molar-refractivity contribution is 7.89. The molecular formula is C12H19N3O4S. The van der Waals surface area contributed by atoms with Crippen molar-refractivity contribution in [1.29, 1.82) is 0 Å². The number of nitro benzene ring substituents is 1. The van der Waals surface area contributed by atoms with Crippen LogP contribution >= 0.6 is 0 Å². The minimum absolute atomic E-state index is 0.0149. The lowest BCUT2D eigenvalue weighted by Crippen LogP contribution is -2.28. The summed E-state index contributed by atoms with van der Waals surface area (Å²) in [5.41, 5.74) is 5.25. The summed E-state index contributed by atoms with van der Waals surface area (Å²) in [5.74, 6) is 0. The Balaban J connectivity index is 2.97. The van der Waals surface area contributed by atoms with Crippen molar-refractivity contribution in [3.63, 3.8) is 0 Å². The molecule has 0 heterocycles. The molecule has 1 aromatic rings. The first-order valence-corrected chi connectivity index (χ1v) is 7.55. The number of nitrogens with two attached hydrogens (primary N) is 1. The van der Waals surface area contributed by atoms with Gasteiger partial charge in [-0.3, -0.25) is 10.1 Å². The molecule has 0 aliphatic rings. The first-order chi connectivity index (χ1) is 9.03. The number of nitrogens with zero attached hydrogens (tertiary/aromatic N) is 1. The molecule has 0 aliphatic carbocycles. The number of hydrogen-bond acceptors (Lipinski definition) is 5. The van der Waals surface area contributed by atoms with Crippen LogP contribution < -0.4 is 10.5 Å². The Morgan fingerprint density at radius 3 is 2.45 bits per heavy atom. The van der Waals surface area contributed by atoms with Crippen LogP contribution in [0.25, 0.3) is 0 Å². The molecule has 112 valence electrons. The first kappa shape index (κ1) is 16.4. The quantitative estimate of drug-likeness (QED) is 0.489. The van der Waals surface area contributed by atoms with Gasteiger partial charge < -0.3 is 5.73 Å². The van der Waals surface area contributed by atoms with Crippen LogP contribution in [0.15, 0.2) is 23.1 Å². The van der Waals surface area contributed by atoms with Crippen LogP contribution in [0, 0.1) is 15.5 Å². The maximum Gasteiger partial charge on any atom is 0.270 e. The van der Waals surface area contributed by atoms with Gasteiger partial charge in [0.05, 0.1) is 10.6 Å². The number of nitrogen functional groups attached to an aromatic ring is 1. The summed E-state index contributed by atoms with van der Waals surface area (Å²) in [5, 5.41) is 10.7. The van der Waals surface area contributed by atoms with Gasteiger partial charge in [0, 0.05) is 18.7 Å². The van der Waals surface area contributed by atoms with E-state index in [1.807, 2.05) is 20.8 Å². The Morgan fingerprint density at radius 1 is 1.35 bits per heavy atom. The highest BCUT2D eigenvalue weighted by Crippen LogP contribution is 2.24. The zero-order valence-corrected chi connectivity index (χ0v) is 12.5. The highest BCUT2D eigenvalue weighted by atomic mass is 32.2. The molecule has 0 amide bonds. The molecule has 3 N–H and O–H groups in total. The Kier molecular flexibility index (Phi) is 4.72. The average Bonchev–Trinajstić information content (AvgIpc) is 2.26. The molecule has 0 fully saturated rings. The number of anilines is 1. The van der Waals surface area contributed by atoms with E-state index in [0.29, 0.717) is 6.42 Å². The average molecular weight is 301 g/mol. The van der Waals surface area contributed by atoms with Gasteiger partial charge in [0.2, 0.25) is 10.0 Å². The molecule has 7 nitrogen and oxygen atoms in total. The minimum atomic E-state index is -3.85. The number of hydrogen-bond donors (Lipinski definition) is 2. The lowest BCUT2D eigenvalue weighted by atomic mass is 9.93. The molecule has 0 spiro atoms. The smallest absolute Gasteiger partial charge is 0.270 e. The SMILES string of the molecule is CC(C)(C)CCNS(=O)(=O)c1cc([N+](=O)[O-])ccc1N. The summed E-state index contributed by atoms with van der Waals surface area (Å²) >= 11 is 0. The molecule has 0 aliphatic heterocycles. The van der Waals surface area contributed by atoms with Crippen molar-refractivity contribution in [2.45, 2.75) is 32.1 Å². The fourth-order valence-corrected chi connectivity index (χ4v) is 2.69. The Hall–Kier alpha value is -1.67. The zero-order valence-electron chi connectivity index (χ0n) is 11.7.